The second-order valence-corrected chi connectivity index (χ2v) is 12.0. The third-order valence-corrected chi connectivity index (χ3v) is 8.34. The predicted octanol–water partition coefficient (Wildman–Crippen LogP) is 7.55. The Hall–Kier alpha value is -3.78. The molecule has 0 bridgehead atoms. The number of rotatable bonds is 17. The van der Waals surface area contributed by atoms with E-state index in [1.807, 2.05) is 18.2 Å². The van der Waals surface area contributed by atoms with Crippen LogP contribution in [0.5, 0.6) is 0 Å². The first-order chi connectivity index (χ1) is 20.4. The predicted molar refractivity (Wildman–Crippen MR) is 167 cm³/mol. The van der Waals surface area contributed by atoms with Crippen LogP contribution in [0, 0.1) is 6.92 Å². The van der Waals surface area contributed by atoms with Gasteiger partial charge in [0.25, 0.3) is 0 Å². The third kappa shape index (κ3) is 10.2. The number of ether oxygens (including phenoxy) is 1. The largest absolute Gasteiger partial charge is 0.481 e. The molecule has 4 aromatic rings. The molecule has 0 saturated heterocycles. The minimum atomic E-state index is -0.946. The first-order valence-electron chi connectivity index (χ1n) is 14.4. The van der Waals surface area contributed by atoms with E-state index in [4.69, 9.17) is 9.84 Å². The number of nitrogens with zero attached hydrogens (tertiary/aromatic N) is 1. The molecule has 0 radical (unpaired) electrons. The molecule has 4 rings (SSSR count). The summed E-state index contributed by atoms with van der Waals surface area (Å²) in [7, 11) is 0. The lowest BCUT2D eigenvalue weighted by atomic mass is 10.0. The molecule has 0 aliphatic carbocycles. The fourth-order valence-electron chi connectivity index (χ4n) is 4.88. The van der Waals surface area contributed by atoms with Crippen molar-refractivity contribution in [3.8, 4) is 0 Å². The normalized spacial score (nSPS) is 12.0. The molecule has 6 nitrogen and oxygen atoms in total. The first-order valence-corrected chi connectivity index (χ1v) is 15.2. The van der Waals surface area contributed by atoms with Crippen molar-refractivity contribution in [2.45, 2.75) is 58.3 Å². The molecule has 0 amide bonds. The summed E-state index contributed by atoms with van der Waals surface area (Å²) < 4.78 is 6.56. The number of unbranched alkanes of at least 4 members (excludes halogenated alkanes) is 1. The summed E-state index contributed by atoms with van der Waals surface area (Å²) in [6.45, 7) is 4.55. The molecule has 2 N–H and O–H groups in total. The number of hydrogen-bond donors (Lipinski definition) is 2. The molecule has 0 aliphatic heterocycles. The Morgan fingerprint density at radius 2 is 1.43 bits per heavy atom. The van der Waals surface area contributed by atoms with Crippen molar-refractivity contribution in [1.29, 1.82) is 0 Å². The maximum atomic E-state index is 11.3. The zero-order chi connectivity index (χ0) is 29.7. The number of benzene rings is 3. The van der Waals surface area contributed by atoms with E-state index in [0.717, 1.165) is 35.3 Å². The smallest absolute Gasteiger partial charge is 0.335 e. The van der Waals surface area contributed by atoms with Gasteiger partial charge in [-0.2, -0.15) is 0 Å². The molecule has 0 fully saturated rings. The van der Waals surface area contributed by atoms with Gasteiger partial charge in [0, 0.05) is 29.3 Å². The van der Waals surface area contributed by atoms with Gasteiger partial charge in [-0.1, -0.05) is 66.7 Å². The maximum absolute atomic E-state index is 11.3. The van der Waals surface area contributed by atoms with Crippen LogP contribution in [-0.2, 0) is 35.5 Å². The minimum Gasteiger partial charge on any atom is -0.481 e. The van der Waals surface area contributed by atoms with E-state index in [9.17, 15) is 14.7 Å². The average Bonchev–Trinajstić information content (AvgIpc) is 3.43. The van der Waals surface area contributed by atoms with Crippen molar-refractivity contribution in [2.75, 3.05) is 13.1 Å². The molecular weight excluding hydrogens is 546 g/mol. The van der Waals surface area contributed by atoms with Crippen LogP contribution >= 0.6 is 11.3 Å². The lowest BCUT2D eigenvalue weighted by Crippen LogP contribution is -2.30. The Kier molecular flexibility index (Phi) is 11.9. The van der Waals surface area contributed by atoms with Crippen LogP contribution in [0.15, 0.2) is 91.0 Å². The van der Waals surface area contributed by atoms with Crippen molar-refractivity contribution in [2.24, 2.45) is 0 Å². The summed E-state index contributed by atoms with van der Waals surface area (Å²) in [5, 5.41) is 18.3. The van der Waals surface area contributed by atoms with Crippen LogP contribution < -0.4 is 0 Å². The summed E-state index contributed by atoms with van der Waals surface area (Å²) in [5.74, 6) is -1.73. The summed E-state index contributed by atoms with van der Waals surface area (Å²) in [5.41, 5.74) is 5.02. The SMILES string of the molecule is Cc1ccc(C(CN(CCCCC(=O)O)Cc2ccc(C(=O)O)cc2)OCc2ccc(CCc3ccccc3)cc2)s1. The third-order valence-electron chi connectivity index (χ3n) is 7.24. The zero-order valence-corrected chi connectivity index (χ0v) is 24.9. The maximum Gasteiger partial charge on any atom is 0.335 e. The lowest BCUT2D eigenvalue weighted by Gasteiger charge is -2.27. The number of carboxylic acid groups (broad SMARTS) is 2. The number of aromatic carboxylic acids is 1. The van der Waals surface area contributed by atoms with Crippen molar-refractivity contribution in [3.63, 3.8) is 0 Å². The molecule has 220 valence electrons. The molecule has 0 saturated carbocycles. The molecule has 1 atom stereocenters. The molecule has 0 spiro atoms. The van der Waals surface area contributed by atoms with E-state index in [-0.39, 0.29) is 18.1 Å². The Bertz CT molecular complexity index is 1400. The highest BCUT2D eigenvalue weighted by Gasteiger charge is 2.20. The van der Waals surface area contributed by atoms with E-state index in [2.05, 4.69) is 72.5 Å². The number of aryl methyl sites for hydroxylation is 3. The number of thiophene rings is 1. The van der Waals surface area contributed by atoms with Crippen LogP contribution in [0.3, 0.4) is 0 Å². The molecule has 0 aliphatic rings. The van der Waals surface area contributed by atoms with E-state index in [1.54, 1.807) is 23.5 Å². The van der Waals surface area contributed by atoms with Gasteiger partial charge < -0.3 is 14.9 Å². The summed E-state index contributed by atoms with van der Waals surface area (Å²) in [6, 6.07) is 30.3. The highest BCUT2D eigenvalue weighted by Crippen LogP contribution is 2.28. The molecule has 1 heterocycles. The van der Waals surface area contributed by atoms with Gasteiger partial charge in [-0.15, -0.1) is 11.3 Å². The van der Waals surface area contributed by atoms with Gasteiger partial charge in [0.1, 0.15) is 6.10 Å². The fraction of sp³-hybridized carbons (Fsp3) is 0.314. The number of hydrogen-bond acceptors (Lipinski definition) is 5. The van der Waals surface area contributed by atoms with E-state index in [0.29, 0.717) is 32.7 Å². The molecule has 3 aromatic carbocycles. The van der Waals surface area contributed by atoms with Crippen molar-refractivity contribution in [1.82, 2.24) is 4.90 Å². The van der Waals surface area contributed by atoms with Crippen LogP contribution in [0.2, 0.25) is 0 Å². The Balaban J connectivity index is 1.42. The lowest BCUT2D eigenvalue weighted by molar-refractivity contribution is -0.137. The van der Waals surface area contributed by atoms with Crippen LogP contribution in [-0.4, -0.2) is 40.1 Å². The van der Waals surface area contributed by atoms with E-state index >= 15 is 0 Å². The number of carboxylic acids is 2. The average molecular weight is 586 g/mol. The Labute approximate surface area is 252 Å². The van der Waals surface area contributed by atoms with E-state index < -0.39 is 11.9 Å². The van der Waals surface area contributed by atoms with Gasteiger partial charge in [0.2, 0.25) is 0 Å². The first kappa shape index (κ1) is 31.2. The summed E-state index contributed by atoms with van der Waals surface area (Å²) in [4.78, 5) is 27.0. The standard InChI is InChI=1S/C35H39NO5S/c1-26-10-21-33(42-26)32(41-25-30-15-13-28(14-16-30)12-11-27-7-3-2-4-8-27)24-36(22-6-5-9-34(37)38)23-29-17-19-31(20-18-29)35(39)40/h2-4,7-8,10,13-21,32H,5-6,9,11-12,22-25H2,1H3,(H,37,38)(H,39,40). The highest BCUT2D eigenvalue weighted by atomic mass is 32.1. The number of aliphatic carboxylic acids is 1. The van der Waals surface area contributed by atoms with Crippen LogP contribution in [0.4, 0.5) is 0 Å². The van der Waals surface area contributed by atoms with Crippen molar-refractivity contribution < 1.29 is 24.5 Å². The monoisotopic (exact) mass is 585 g/mol. The van der Waals surface area contributed by atoms with Gasteiger partial charge >= 0.3 is 11.9 Å². The zero-order valence-electron chi connectivity index (χ0n) is 24.1. The second kappa shape index (κ2) is 16.0. The number of carbonyl (C=O) groups is 2. The van der Waals surface area contributed by atoms with Gasteiger partial charge in [-0.25, -0.2) is 4.79 Å². The second-order valence-electron chi connectivity index (χ2n) is 10.6. The quantitative estimate of drug-likeness (QED) is 0.124. The topological polar surface area (TPSA) is 87.1 Å². The van der Waals surface area contributed by atoms with E-state index in [1.165, 1.54) is 16.0 Å². The van der Waals surface area contributed by atoms with Gasteiger partial charge in [0.05, 0.1) is 12.2 Å². The van der Waals surface area contributed by atoms with Crippen molar-refractivity contribution in [3.05, 3.63) is 129 Å². The molecular formula is C35H39NO5S. The molecule has 7 heteroatoms. The highest BCUT2D eigenvalue weighted by molar-refractivity contribution is 7.12. The Morgan fingerprint density at radius 3 is 2.05 bits per heavy atom. The van der Waals surface area contributed by atoms with Gasteiger partial charge in [-0.05, 0) is 85.7 Å². The van der Waals surface area contributed by atoms with Crippen LogP contribution in [0.25, 0.3) is 0 Å². The van der Waals surface area contributed by atoms with Gasteiger partial charge in [-0.3, -0.25) is 9.69 Å². The Morgan fingerprint density at radius 1 is 0.786 bits per heavy atom. The molecule has 1 unspecified atom stereocenters. The van der Waals surface area contributed by atoms with Crippen molar-refractivity contribution >= 4 is 23.3 Å². The van der Waals surface area contributed by atoms with Crippen LogP contribution in [0.1, 0.15) is 67.7 Å². The fourth-order valence-corrected chi connectivity index (χ4v) is 5.79. The molecule has 1 aromatic heterocycles. The summed E-state index contributed by atoms with van der Waals surface area (Å²) >= 11 is 1.73. The molecule has 42 heavy (non-hydrogen) atoms. The van der Waals surface area contributed by atoms with Gasteiger partial charge in [0.15, 0.2) is 0 Å². The summed E-state index contributed by atoms with van der Waals surface area (Å²) in [6.07, 6.45) is 3.35. The minimum absolute atomic E-state index is 0.145.